The molecule has 0 unspecified atom stereocenters. The lowest BCUT2D eigenvalue weighted by Crippen LogP contribution is -2.42. The minimum atomic E-state index is -3.93. The summed E-state index contributed by atoms with van der Waals surface area (Å²) in [6, 6.07) is 3.73. The van der Waals surface area contributed by atoms with E-state index < -0.39 is 71.5 Å². The van der Waals surface area contributed by atoms with Crippen LogP contribution in [0.3, 0.4) is 0 Å². The van der Waals surface area contributed by atoms with E-state index in [4.69, 9.17) is 14.6 Å². The van der Waals surface area contributed by atoms with Gasteiger partial charge in [-0.1, -0.05) is 0 Å². The number of nitrogens with two attached hydrogens (primary N) is 1. The molecule has 0 bridgehead atoms. The van der Waals surface area contributed by atoms with Crippen LogP contribution in [0.25, 0.3) is 0 Å². The molecular formula is C18H22N2O9S. The predicted molar refractivity (Wildman–Crippen MR) is 102 cm³/mol. The van der Waals surface area contributed by atoms with E-state index in [0.717, 1.165) is 12.1 Å². The van der Waals surface area contributed by atoms with Crippen molar-refractivity contribution in [2.24, 2.45) is 5.14 Å². The quantitative estimate of drug-likeness (QED) is 0.337. The molecule has 0 aliphatic carbocycles. The minimum Gasteiger partial charge on any atom is -0.463 e. The van der Waals surface area contributed by atoms with Crippen molar-refractivity contribution in [2.45, 2.75) is 37.6 Å². The third kappa shape index (κ3) is 9.39. The Hall–Kier alpha value is -3.12. The zero-order valence-corrected chi connectivity index (χ0v) is 17.2. The highest BCUT2D eigenvalue weighted by Gasteiger charge is 2.20. The molecule has 12 heteroatoms. The van der Waals surface area contributed by atoms with E-state index in [1.807, 2.05) is 0 Å². The van der Waals surface area contributed by atoms with Gasteiger partial charge in [0.2, 0.25) is 10.0 Å². The SMILES string of the molecule is CC(=O)CC(=O)OCC(COC(=O)CC(C)=O)NC(=O)c1ccc(S(N)(=O)=O)cc1. The average Bonchev–Trinajstić information content (AvgIpc) is 2.62. The largest absolute Gasteiger partial charge is 0.463 e. The average molecular weight is 442 g/mol. The van der Waals surface area contributed by atoms with Gasteiger partial charge in [0.05, 0.1) is 10.9 Å². The second-order valence-electron chi connectivity index (χ2n) is 6.36. The molecule has 0 saturated carbocycles. The van der Waals surface area contributed by atoms with Gasteiger partial charge in [-0.15, -0.1) is 0 Å². The van der Waals surface area contributed by atoms with Crippen LogP contribution in [0.2, 0.25) is 0 Å². The Morgan fingerprint density at radius 1 is 0.900 bits per heavy atom. The Morgan fingerprint density at radius 2 is 1.33 bits per heavy atom. The number of amides is 1. The molecule has 0 aliphatic heterocycles. The van der Waals surface area contributed by atoms with Gasteiger partial charge >= 0.3 is 11.9 Å². The van der Waals surface area contributed by atoms with E-state index in [0.29, 0.717) is 0 Å². The smallest absolute Gasteiger partial charge is 0.313 e. The summed E-state index contributed by atoms with van der Waals surface area (Å²) in [6.45, 7) is 1.60. The van der Waals surface area contributed by atoms with Crippen LogP contribution in [0.15, 0.2) is 29.2 Å². The summed E-state index contributed by atoms with van der Waals surface area (Å²) in [5, 5.41) is 7.46. The van der Waals surface area contributed by atoms with E-state index in [1.165, 1.54) is 26.0 Å². The number of ketones is 2. The fourth-order valence-electron chi connectivity index (χ4n) is 2.09. The summed E-state index contributed by atoms with van der Waals surface area (Å²) in [5.41, 5.74) is 0.0672. The van der Waals surface area contributed by atoms with E-state index in [9.17, 15) is 32.4 Å². The number of sulfonamides is 1. The minimum absolute atomic E-state index is 0.0672. The molecule has 0 atom stereocenters. The summed E-state index contributed by atoms with van der Waals surface area (Å²) >= 11 is 0. The fourth-order valence-corrected chi connectivity index (χ4v) is 2.61. The van der Waals surface area contributed by atoms with E-state index >= 15 is 0 Å². The Bertz CT molecular complexity index is 891. The van der Waals surface area contributed by atoms with Crippen molar-refractivity contribution in [3.05, 3.63) is 29.8 Å². The first-order chi connectivity index (χ1) is 13.9. The van der Waals surface area contributed by atoms with Crippen molar-refractivity contribution >= 4 is 39.4 Å². The zero-order valence-electron chi connectivity index (χ0n) is 16.4. The number of esters is 2. The lowest BCUT2D eigenvalue weighted by atomic mass is 10.2. The van der Waals surface area contributed by atoms with Crippen LogP contribution in [0, 0.1) is 0 Å². The third-order valence-electron chi connectivity index (χ3n) is 3.46. The highest BCUT2D eigenvalue weighted by Crippen LogP contribution is 2.09. The Morgan fingerprint density at radius 3 is 1.70 bits per heavy atom. The molecule has 1 aromatic carbocycles. The van der Waals surface area contributed by atoms with Gasteiger partial charge in [0.1, 0.15) is 37.6 Å². The van der Waals surface area contributed by atoms with E-state index in [1.54, 1.807) is 0 Å². The van der Waals surface area contributed by atoms with Crippen molar-refractivity contribution < 1.29 is 41.9 Å². The molecule has 1 rings (SSSR count). The molecule has 3 N–H and O–H groups in total. The van der Waals surface area contributed by atoms with Gasteiger partial charge in [-0.3, -0.25) is 24.0 Å². The number of hydrogen-bond donors (Lipinski definition) is 2. The van der Waals surface area contributed by atoms with Crippen molar-refractivity contribution in [3.8, 4) is 0 Å². The second kappa shape index (κ2) is 11.2. The number of ether oxygens (including phenoxy) is 2. The molecule has 164 valence electrons. The van der Waals surface area contributed by atoms with Gasteiger partial charge in [-0.2, -0.15) is 0 Å². The highest BCUT2D eigenvalue weighted by atomic mass is 32.2. The van der Waals surface area contributed by atoms with Crippen molar-refractivity contribution in [3.63, 3.8) is 0 Å². The Balaban J connectivity index is 2.82. The normalized spacial score (nSPS) is 10.9. The summed E-state index contributed by atoms with van der Waals surface area (Å²) in [5.74, 6) is -3.15. The lowest BCUT2D eigenvalue weighted by Gasteiger charge is -2.19. The maximum Gasteiger partial charge on any atom is 0.313 e. The van der Waals surface area contributed by atoms with Gasteiger partial charge in [-0.05, 0) is 38.1 Å². The first kappa shape index (κ1) is 24.9. The second-order valence-corrected chi connectivity index (χ2v) is 7.92. The number of hydrogen-bond acceptors (Lipinski definition) is 9. The van der Waals surface area contributed by atoms with Gasteiger partial charge in [0, 0.05) is 5.56 Å². The number of primary sulfonamides is 1. The maximum atomic E-state index is 12.4. The van der Waals surface area contributed by atoms with Crippen molar-refractivity contribution in [2.75, 3.05) is 13.2 Å². The van der Waals surface area contributed by atoms with Crippen LogP contribution >= 0.6 is 0 Å². The van der Waals surface area contributed by atoms with Crippen LogP contribution in [-0.4, -0.2) is 57.1 Å². The summed E-state index contributed by atoms with van der Waals surface area (Å²) < 4.78 is 32.4. The molecule has 0 radical (unpaired) electrons. The van der Waals surface area contributed by atoms with Gasteiger partial charge in [0.25, 0.3) is 5.91 Å². The topological polar surface area (TPSA) is 176 Å². The summed E-state index contributed by atoms with van der Waals surface area (Å²) in [6.07, 6.45) is -0.917. The van der Waals surface area contributed by atoms with E-state index in [-0.39, 0.29) is 10.5 Å². The first-order valence-electron chi connectivity index (χ1n) is 8.62. The fraction of sp³-hybridized carbons (Fsp3) is 0.389. The molecule has 1 amide bonds. The molecule has 30 heavy (non-hydrogen) atoms. The number of nitrogens with one attached hydrogen (secondary N) is 1. The number of Topliss-reactive ketones (excluding diaryl/α,β-unsaturated/α-hetero) is 2. The monoisotopic (exact) mass is 442 g/mol. The maximum absolute atomic E-state index is 12.4. The number of carbonyl (C=O) groups excluding carboxylic acids is 5. The standard InChI is InChI=1S/C18H22N2O9S/c1-11(21)7-16(23)28-9-14(10-29-17(24)8-12(2)22)20-18(25)13-3-5-15(6-4-13)30(19,26)27/h3-6,14H,7-10H2,1-2H3,(H,20,25)(H2,19,26,27). The molecule has 0 aliphatic rings. The van der Waals surface area contributed by atoms with Crippen molar-refractivity contribution in [1.82, 2.24) is 5.32 Å². The van der Waals surface area contributed by atoms with Crippen molar-refractivity contribution in [1.29, 1.82) is 0 Å². The predicted octanol–water partition coefficient (Wildman–Crippen LogP) is -0.523. The van der Waals surface area contributed by atoms with Crippen LogP contribution in [0.5, 0.6) is 0 Å². The molecular weight excluding hydrogens is 420 g/mol. The van der Waals surface area contributed by atoms with E-state index in [2.05, 4.69) is 5.32 Å². The number of benzene rings is 1. The summed E-state index contributed by atoms with van der Waals surface area (Å²) in [7, 11) is -3.93. The van der Waals surface area contributed by atoms with Gasteiger partial charge < -0.3 is 14.8 Å². The number of rotatable bonds is 11. The molecule has 0 spiro atoms. The molecule has 0 fully saturated rings. The van der Waals surface area contributed by atoms with Gasteiger partial charge in [-0.25, -0.2) is 13.6 Å². The van der Waals surface area contributed by atoms with Crippen LogP contribution in [0.4, 0.5) is 0 Å². The molecule has 1 aromatic rings. The van der Waals surface area contributed by atoms with Crippen LogP contribution in [-0.2, 0) is 38.7 Å². The third-order valence-corrected chi connectivity index (χ3v) is 4.39. The molecule has 0 heterocycles. The van der Waals surface area contributed by atoms with Crippen LogP contribution in [0.1, 0.15) is 37.0 Å². The lowest BCUT2D eigenvalue weighted by molar-refractivity contribution is -0.148. The Kier molecular flexibility index (Phi) is 9.27. The molecule has 0 aromatic heterocycles. The Labute approximate surface area is 172 Å². The summed E-state index contributed by atoms with van der Waals surface area (Å²) in [4.78, 5) is 57.2. The molecule has 0 saturated heterocycles. The first-order valence-corrected chi connectivity index (χ1v) is 10.2. The highest BCUT2D eigenvalue weighted by molar-refractivity contribution is 7.89. The molecule has 11 nitrogen and oxygen atoms in total. The van der Waals surface area contributed by atoms with Crippen LogP contribution < -0.4 is 10.5 Å². The zero-order chi connectivity index (χ0) is 22.9. The number of carbonyl (C=O) groups is 5. The van der Waals surface area contributed by atoms with Gasteiger partial charge in [0.15, 0.2) is 0 Å².